The fraction of sp³-hybridized carbons (Fsp3) is 0.333. The van der Waals surface area contributed by atoms with Gasteiger partial charge in [-0.2, -0.15) is 0 Å². The number of anilines is 2. The van der Waals surface area contributed by atoms with Gasteiger partial charge in [0.15, 0.2) is 0 Å². The van der Waals surface area contributed by atoms with Crippen LogP contribution in [0.5, 0.6) is 5.75 Å². The number of nitrogens with one attached hydrogen (secondary N) is 2. The Kier molecular flexibility index (Phi) is 8.33. The van der Waals surface area contributed by atoms with Crippen LogP contribution in [0.2, 0.25) is 0 Å². The molecule has 0 aliphatic rings. The molecule has 2 rings (SSSR count). The molecule has 0 heterocycles. The van der Waals surface area contributed by atoms with Gasteiger partial charge in [-0.05, 0) is 42.8 Å². The number of ether oxygens (including phenoxy) is 1. The van der Waals surface area contributed by atoms with Crippen molar-refractivity contribution < 1.29 is 14.3 Å². The minimum Gasteiger partial charge on any atom is -0.493 e. The summed E-state index contributed by atoms with van der Waals surface area (Å²) in [5, 5.41) is 5.56. The predicted molar refractivity (Wildman–Crippen MR) is 112 cm³/mol. The summed E-state index contributed by atoms with van der Waals surface area (Å²) in [6, 6.07) is 12.4. The molecule has 27 heavy (non-hydrogen) atoms. The monoisotopic (exact) mass is 432 g/mol. The van der Waals surface area contributed by atoms with Crippen molar-refractivity contribution in [1.82, 2.24) is 0 Å². The lowest BCUT2D eigenvalue weighted by Gasteiger charge is -2.13. The zero-order valence-corrected chi connectivity index (χ0v) is 17.3. The third kappa shape index (κ3) is 7.06. The summed E-state index contributed by atoms with van der Waals surface area (Å²) in [5.41, 5.74) is 1.69. The second-order valence-corrected chi connectivity index (χ2v) is 7.18. The van der Waals surface area contributed by atoms with Crippen molar-refractivity contribution in [3.05, 3.63) is 52.5 Å². The summed E-state index contributed by atoms with van der Waals surface area (Å²) in [5.74, 6) is 0.134. The fourth-order valence-electron chi connectivity index (χ4n) is 2.59. The van der Waals surface area contributed by atoms with Gasteiger partial charge in [0.25, 0.3) is 5.91 Å². The third-order valence-corrected chi connectivity index (χ3v) is 4.38. The average molecular weight is 433 g/mol. The molecule has 0 aromatic heterocycles. The van der Waals surface area contributed by atoms with E-state index in [2.05, 4.69) is 33.5 Å². The van der Waals surface area contributed by atoms with Crippen molar-refractivity contribution in [2.45, 2.75) is 39.5 Å². The molecule has 144 valence electrons. The molecule has 0 aliphatic heterocycles. The maximum Gasteiger partial charge on any atom is 0.259 e. The minimum atomic E-state index is -0.264. The predicted octanol–water partition coefficient (Wildman–Crippen LogP) is 5.62. The van der Waals surface area contributed by atoms with Crippen molar-refractivity contribution in [3.8, 4) is 5.75 Å². The number of rotatable bonds is 9. The van der Waals surface area contributed by atoms with Crippen LogP contribution in [0.1, 0.15) is 49.9 Å². The van der Waals surface area contributed by atoms with Crippen molar-refractivity contribution >= 4 is 39.1 Å². The van der Waals surface area contributed by atoms with Gasteiger partial charge in [-0.25, -0.2) is 0 Å². The first-order valence-electron chi connectivity index (χ1n) is 9.11. The maximum atomic E-state index is 12.8. The van der Waals surface area contributed by atoms with Gasteiger partial charge in [-0.1, -0.05) is 48.2 Å². The third-order valence-electron chi connectivity index (χ3n) is 3.88. The number of unbranched alkanes of at least 4 members (excludes halogenated alkanes) is 3. The molecular weight excluding hydrogens is 408 g/mol. The molecule has 0 aliphatic carbocycles. The van der Waals surface area contributed by atoms with Crippen LogP contribution in [0.25, 0.3) is 0 Å². The summed E-state index contributed by atoms with van der Waals surface area (Å²) in [6.07, 6.45) is 4.43. The van der Waals surface area contributed by atoms with Crippen LogP contribution < -0.4 is 15.4 Å². The molecule has 0 bridgehead atoms. The van der Waals surface area contributed by atoms with Gasteiger partial charge in [0.05, 0.1) is 12.2 Å². The Labute approximate surface area is 168 Å². The van der Waals surface area contributed by atoms with Crippen LogP contribution in [-0.2, 0) is 4.79 Å². The molecular formula is C21H25BrN2O3. The van der Waals surface area contributed by atoms with Gasteiger partial charge in [-0.15, -0.1) is 0 Å². The van der Waals surface area contributed by atoms with Crippen LogP contribution in [0, 0.1) is 0 Å². The molecule has 2 aromatic carbocycles. The molecule has 2 aromatic rings. The molecule has 0 fully saturated rings. The zero-order chi connectivity index (χ0) is 19.6. The minimum absolute atomic E-state index is 0.163. The molecule has 0 spiro atoms. The second-order valence-electron chi connectivity index (χ2n) is 6.27. The highest BCUT2D eigenvalue weighted by Gasteiger charge is 2.14. The standard InChI is InChI=1S/C21H25BrN2O3/c1-3-4-5-6-12-27-20-11-10-16(22)13-19(20)21(26)24-18-9-7-8-17(14-18)23-15(2)25/h7-11,13-14H,3-6,12H2,1-2H3,(H,23,25)(H,24,26). The van der Waals surface area contributed by atoms with Gasteiger partial charge in [0.2, 0.25) is 5.91 Å². The van der Waals surface area contributed by atoms with Crippen LogP contribution in [0.4, 0.5) is 11.4 Å². The van der Waals surface area contributed by atoms with Crippen molar-refractivity contribution in [1.29, 1.82) is 0 Å². The zero-order valence-electron chi connectivity index (χ0n) is 15.7. The molecule has 0 radical (unpaired) electrons. The summed E-state index contributed by atoms with van der Waals surface area (Å²) >= 11 is 3.41. The number of hydrogen-bond donors (Lipinski definition) is 2. The van der Waals surface area contributed by atoms with E-state index in [4.69, 9.17) is 4.74 Å². The Morgan fingerprint density at radius 2 is 1.74 bits per heavy atom. The lowest BCUT2D eigenvalue weighted by Crippen LogP contribution is -2.14. The molecule has 5 nitrogen and oxygen atoms in total. The quantitative estimate of drug-likeness (QED) is 0.505. The van der Waals surface area contributed by atoms with E-state index in [1.807, 2.05) is 6.07 Å². The molecule has 0 atom stereocenters. The normalized spacial score (nSPS) is 10.3. The molecule has 0 saturated heterocycles. The van der Waals surface area contributed by atoms with E-state index >= 15 is 0 Å². The van der Waals surface area contributed by atoms with Crippen molar-refractivity contribution in [2.75, 3.05) is 17.2 Å². The smallest absolute Gasteiger partial charge is 0.259 e. The maximum absolute atomic E-state index is 12.8. The van der Waals surface area contributed by atoms with E-state index < -0.39 is 0 Å². The van der Waals surface area contributed by atoms with E-state index in [-0.39, 0.29) is 11.8 Å². The van der Waals surface area contributed by atoms with E-state index in [1.54, 1.807) is 36.4 Å². The average Bonchev–Trinajstić information content (AvgIpc) is 2.62. The second kappa shape index (κ2) is 10.7. The van der Waals surface area contributed by atoms with Crippen LogP contribution in [0.15, 0.2) is 46.9 Å². The van der Waals surface area contributed by atoms with Gasteiger partial charge < -0.3 is 15.4 Å². The summed E-state index contributed by atoms with van der Waals surface area (Å²) in [4.78, 5) is 24.0. The highest BCUT2D eigenvalue weighted by Crippen LogP contribution is 2.25. The van der Waals surface area contributed by atoms with E-state index in [9.17, 15) is 9.59 Å². The molecule has 0 saturated carbocycles. The highest BCUT2D eigenvalue weighted by atomic mass is 79.9. The Morgan fingerprint density at radius 3 is 2.44 bits per heavy atom. The van der Waals surface area contributed by atoms with E-state index in [1.165, 1.54) is 19.8 Å². The first kappa shape index (κ1) is 21.0. The number of hydrogen-bond acceptors (Lipinski definition) is 3. The first-order chi connectivity index (χ1) is 13.0. The van der Waals surface area contributed by atoms with Gasteiger partial charge in [0.1, 0.15) is 5.75 Å². The van der Waals surface area contributed by atoms with E-state index in [0.29, 0.717) is 29.3 Å². The van der Waals surface area contributed by atoms with Crippen LogP contribution in [-0.4, -0.2) is 18.4 Å². The highest BCUT2D eigenvalue weighted by molar-refractivity contribution is 9.10. The fourth-order valence-corrected chi connectivity index (χ4v) is 2.95. The summed E-state index contributed by atoms with van der Waals surface area (Å²) < 4.78 is 6.64. The van der Waals surface area contributed by atoms with Crippen LogP contribution >= 0.6 is 15.9 Å². The van der Waals surface area contributed by atoms with E-state index in [0.717, 1.165) is 17.3 Å². The number of carbonyl (C=O) groups is 2. The van der Waals surface area contributed by atoms with Gasteiger partial charge in [-0.3, -0.25) is 9.59 Å². The van der Waals surface area contributed by atoms with Crippen LogP contribution in [0.3, 0.4) is 0 Å². The molecule has 0 unspecified atom stereocenters. The SMILES string of the molecule is CCCCCCOc1ccc(Br)cc1C(=O)Nc1cccc(NC(C)=O)c1. The topological polar surface area (TPSA) is 67.4 Å². The summed E-state index contributed by atoms with van der Waals surface area (Å²) in [7, 11) is 0. The summed E-state index contributed by atoms with van der Waals surface area (Å²) in [6.45, 7) is 4.19. The number of amides is 2. The Hall–Kier alpha value is -2.34. The van der Waals surface area contributed by atoms with Gasteiger partial charge in [0, 0.05) is 22.8 Å². The number of benzene rings is 2. The first-order valence-corrected chi connectivity index (χ1v) is 9.90. The lowest BCUT2D eigenvalue weighted by molar-refractivity contribution is -0.114. The van der Waals surface area contributed by atoms with Crippen molar-refractivity contribution in [2.24, 2.45) is 0 Å². The van der Waals surface area contributed by atoms with Crippen molar-refractivity contribution in [3.63, 3.8) is 0 Å². The number of halogens is 1. The Balaban J connectivity index is 2.08. The molecule has 6 heteroatoms. The Morgan fingerprint density at radius 1 is 1.00 bits per heavy atom. The molecule has 2 N–H and O–H groups in total. The largest absolute Gasteiger partial charge is 0.493 e. The lowest BCUT2D eigenvalue weighted by atomic mass is 10.1. The van der Waals surface area contributed by atoms with Gasteiger partial charge >= 0.3 is 0 Å². The molecule has 2 amide bonds. The Bertz CT molecular complexity index is 793. The number of carbonyl (C=O) groups excluding carboxylic acids is 2.